The second kappa shape index (κ2) is 5.32. The van der Waals surface area contributed by atoms with Crippen molar-refractivity contribution in [2.45, 2.75) is 38.8 Å². The van der Waals surface area contributed by atoms with E-state index in [-0.39, 0.29) is 12.1 Å². The average Bonchev–Trinajstić information content (AvgIpc) is 2.68. The fourth-order valence-corrected chi connectivity index (χ4v) is 2.24. The Morgan fingerprint density at radius 1 is 1.35 bits per heavy atom. The molecule has 1 aromatic rings. The molecule has 0 saturated carbocycles. The summed E-state index contributed by atoms with van der Waals surface area (Å²) in [6.45, 7) is 4.03. The molecule has 0 aliphatic heterocycles. The van der Waals surface area contributed by atoms with Gasteiger partial charge in [0.05, 0.1) is 12.6 Å². The van der Waals surface area contributed by atoms with Crippen LogP contribution in [0.5, 0.6) is 0 Å². The van der Waals surface area contributed by atoms with Crippen molar-refractivity contribution in [3.8, 4) is 0 Å². The number of ether oxygens (including phenoxy) is 1. The molecule has 0 aromatic heterocycles. The van der Waals surface area contributed by atoms with Crippen molar-refractivity contribution in [2.24, 2.45) is 0 Å². The van der Waals surface area contributed by atoms with Gasteiger partial charge in [-0.1, -0.05) is 24.3 Å². The number of carbonyl (C=O) groups is 1. The molecule has 2 rings (SSSR count). The van der Waals surface area contributed by atoms with E-state index in [9.17, 15) is 4.79 Å². The van der Waals surface area contributed by atoms with Crippen LogP contribution in [0, 0.1) is 0 Å². The van der Waals surface area contributed by atoms with Crippen LogP contribution in [0.25, 0.3) is 0 Å². The summed E-state index contributed by atoms with van der Waals surface area (Å²) in [5, 5.41) is 3.26. The Labute approximate surface area is 102 Å². The zero-order valence-corrected chi connectivity index (χ0v) is 10.4. The molecule has 3 heteroatoms. The van der Waals surface area contributed by atoms with E-state index < -0.39 is 0 Å². The summed E-state index contributed by atoms with van der Waals surface area (Å²) in [6, 6.07) is 8.81. The van der Waals surface area contributed by atoms with Gasteiger partial charge < -0.3 is 10.1 Å². The Kier molecular flexibility index (Phi) is 3.79. The predicted molar refractivity (Wildman–Crippen MR) is 66.9 cm³/mol. The zero-order chi connectivity index (χ0) is 12.3. The van der Waals surface area contributed by atoms with E-state index in [1.54, 1.807) is 0 Å². The van der Waals surface area contributed by atoms with Crippen LogP contribution in [0.1, 0.15) is 25.0 Å². The molecule has 0 amide bonds. The number of rotatable bonds is 4. The molecule has 3 nitrogen and oxygen atoms in total. The van der Waals surface area contributed by atoms with Gasteiger partial charge in [-0.3, -0.25) is 4.79 Å². The van der Waals surface area contributed by atoms with Gasteiger partial charge in [0.25, 0.3) is 0 Å². The molecule has 0 atom stereocenters. The van der Waals surface area contributed by atoms with Crippen molar-refractivity contribution in [1.82, 2.24) is 5.32 Å². The van der Waals surface area contributed by atoms with E-state index in [1.165, 1.54) is 11.1 Å². The maximum Gasteiger partial charge on any atom is 0.320 e. The summed E-state index contributed by atoms with van der Waals surface area (Å²) >= 11 is 0. The highest BCUT2D eigenvalue weighted by Crippen LogP contribution is 2.21. The molecular formula is C14H19NO2. The molecule has 17 heavy (non-hydrogen) atoms. The first-order valence-corrected chi connectivity index (χ1v) is 6.15. The van der Waals surface area contributed by atoms with Crippen LogP contribution in [0.3, 0.4) is 0 Å². The number of nitrogens with one attached hydrogen (secondary N) is 1. The smallest absolute Gasteiger partial charge is 0.320 e. The number of carbonyl (C=O) groups excluding carboxylic acids is 1. The lowest BCUT2D eigenvalue weighted by atomic mass is 10.1. The van der Waals surface area contributed by atoms with E-state index in [0.717, 1.165) is 12.8 Å². The van der Waals surface area contributed by atoms with Gasteiger partial charge >= 0.3 is 5.97 Å². The van der Waals surface area contributed by atoms with Gasteiger partial charge in [0.15, 0.2) is 0 Å². The average molecular weight is 233 g/mol. The standard InChI is InChI=1S/C14H19NO2/c1-10(2)17-14(16)9-15-13-7-11-5-3-4-6-12(11)8-13/h3-6,10,13,15H,7-9H2,1-2H3. The topological polar surface area (TPSA) is 38.3 Å². The Morgan fingerprint density at radius 2 is 1.94 bits per heavy atom. The van der Waals surface area contributed by atoms with Gasteiger partial charge in [0, 0.05) is 6.04 Å². The third-order valence-electron chi connectivity index (χ3n) is 2.95. The van der Waals surface area contributed by atoms with Crippen molar-refractivity contribution in [3.63, 3.8) is 0 Å². The first kappa shape index (κ1) is 12.1. The number of fused-ring (bicyclic) bond motifs is 1. The molecule has 0 heterocycles. The van der Waals surface area contributed by atoms with E-state index in [1.807, 2.05) is 13.8 Å². The first-order valence-electron chi connectivity index (χ1n) is 6.15. The van der Waals surface area contributed by atoms with Crippen LogP contribution in [0.4, 0.5) is 0 Å². The third kappa shape index (κ3) is 3.30. The van der Waals surface area contributed by atoms with Crippen LogP contribution >= 0.6 is 0 Å². The Morgan fingerprint density at radius 3 is 2.47 bits per heavy atom. The monoisotopic (exact) mass is 233 g/mol. The van der Waals surface area contributed by atoms with E-state index in [0.29, 0.717) is 12.6 Å². The molecule has 0 bridgehead atoms. The molecule has 1 aliphatic rings. The van der Waals surface area contributed by atoms with Crippen molar-refractivity contribution < 1.29 is 9.53 Å². The molecule has 0 unspecified atom stereocenters. The first-order chi connectivity index (χ1) is 8.15. The molecule has 0 spiro atoms. The summed E-state index contributed by atoms with van der Waals surface area (Å²) in [7, 11) is 0. The molecule has 92 valence electrons. The molecular weight excluding hydrogens is 214 g/mol. The minimum atomic E-state index is -0.170. The molecule has 0 radical (unpaired) electrons. The quantitative estimate of drug-likeness (QED) is 0.804. The third-order valence-corrected chi connectivity index (χ3v) is 2.95. The normalized spacial score (nSPS) is 15.0. The predicted octanol–water partition coefficient (Wildman–Crippen LogP) is 1.69. The Bertz CT molecular complexity index is 376. The SMILES string of the molecule is CC(C)OC(=O)CNC1Cc2ccccc2C1. The van der Waals surface area contributed by atoms with Crippen LogP contribution in [0.15, 0.2) is 24.3 Å². The minimum absolute atomic E-state index is 0.0370. The molecule has 0 fully saturated rings. The zero-order valence-electron chi connectivity index (χ0n) is 10.4. The number of hydrogen-bond donors (Lipinski definition) is 1. The van der Waals surface area contributed by atoms with Crippen LogP contribution in [-0.2, 0) is 22.4 Å². The van der Waals surface area contributed by atoms with Gasteiger partial charge in [-0.25, -0.2) is 0 Å². The van der Waals surface area contributed by atoms with Gasteiger partial charge in [0.2, 0.25) is 0 Å². The van der Waals surface area contributed by atoms with Crippen LogP contribution in [-0.4, -0.2) is 24.7 Å². The summed E-state index contributed by atoms with van der Waals surface area (Å²) < 4.78 is 5.09. The van der Waals surface area contributed by atoms with E-state index in [4.69, 9.17) is 4.74 Å². The fourth-order valence-electron chi connectivity index (χ4n) is 2.24. The molecule has 1 N–H and O–H groups in total. The van der Waals surface area contributed by atoms with Gasteiger partial charge in [0.1, 0.15) is 0 Å². The number of esters is 1. The van der Waals surface area contributed by atoms with E-state index in [2.05, 4.69) is 29.6 Å². The van der Waals surface area contributed by atoms with Crippen molar-refractivity contribution in [3.05, 3.63) is 35.4 Å². The highest BCUT2D eigenvalue weighted by molar-refractivity contribution is 5.71. The second-order valence-electron chi connectivity index (χ2n) is 4.79. The largest absolute Gasteiger partial charge is 0.462 e. The summed E-state index contributed by atoms with van der Waals surface area (Å²) in [6.07, 6.45) is 1.97. The maximum atomic E-state index is 11.4. The maximum absolute atomic E-state index is 11.4. The molecule has 1 aromatic carbocycles. The summed E-state index contributed by atoms with van der Waals surface area (Å²) in [4.78, 5) is 11.4. The van der Waals surface area contributed by atoms with Crippen LogP contribution in [0.2, 0.25) is 0 Å². The van der Waals surface area contributed by atoms with Gasteiger partial charge in [-0.2, -0.15) is 0 Å². The van der Waals surface area contributed by atoms with Gasteiger partial charge in [-0.05, 0) is 37.8 Å². The minimum Gasteiger partial charge on any atom is -0.462 e. The Balaban J connectivity index is 1.78. The second-order valence-corrected chi connectivity index (χ2v) is 4.79. The molecule has 1 aliphatic carbocycles. The number of benzene rings is 1. The highest BCUT2D eigenvalue weighted by Gasteiger charge is 2.21. The van der Waals surface area contributed by atoms with Gasteiger partial charge in [-0.15, -0.1) is 0 Å². The van der Waals surface area contributed by atoms with Crippen LogP contribution < -0.4 is 5.32 Å². The number of hydrogen-bond acceptors (Lipinski definition) is 3. The lowest BCUT2D eigenvalue weighted by Gasteiger charge is -2.12. The highest BCUT2D eigenvalue weighted by atomic mass is 16.5. The van der Waals surface area contributed by atoms with Crippen molar-refractivity contribution in [2.75, 3.05) is 6.54 Å². The Hall–Kier alpha value is -1.35. The lowest BCUT2D eigenvalue weighted by molar-refractivity contribution is -0.146. The summed E-state index contributed by atoms with van der Waals surface area (Å²) in [5.74, 6) is -0.170. The van der Waals surface area contributed by atoms with Crippen molar-refractivity contribution >= 4 is 5.97 Å². The lowest BCUT2D eigenvalue weighted by Crippen LogP contribution is -2.35. The molecule has 0 saturated heterocycles. The van der Waals surface area contributed by atoms with E-state index >= 15 is 0 Å². The summed E-state index contributed by atoms with van der Waals surface area (Å²) in [5.41, 5.74) is 2.78. The van der Waals surface area contributed by atoms with Crippen molar-refractivity contribution in [1.29, 1.82) is 0 Å². The fraction of sp³-hybridized carbons (Fsp3) is 0.500.